The van der Waals surface area contributed by atoms with Crippen LogP contribution in [-0.2, 0) is 11.4 Å². The number of nitrogens with one attached hydrogen (secondary N) is 1. The highest BCUT2D eigenvalue weighted by Crippen LogP contribution is 2.37. The number of rotatable bonds is 6. The largest absolute Gasteiger partial charge is 0.502 e. The Balaban J connectivity index is 1.95. The number of hydrogen-bond donors (Lipinski definition) is 2. The van der Waals surface area contributed by atoms with Crippen LogP contribution in [-0.4, -0.2) is 25.4 Å². The van der Waals surface area contributed by atoms with E-state index < -0.39 is 0 Å². The smallest absolute Gasteiger partial charge is 0.200 e. The van der Waals surface area contributed by atoms with Crippen molar-refractivity contribution in [1.82, 2.24) is 5.48 Å². The molecule has 2 rings (SSSR count). The molecule has 106 valence electrons. The molecule has 0 radical (unpaired) electrons. The lowest BCUT2D eigenvalue weighted by Gasteiger charge is -2.14. The number of hydroxylamine groups is 1. The number of hydrogen-bond acceptors (Lipinski definition) is 5. The molecular formula is C14H21NO4. The minimum Gasteiger partial charge on any atom is -0.502 e. The van der Waals surface area contributed by atoms with Gasteiger partial charge in [0.05, 0.1) is 20.3 Å². The van der Waals surface area contributed by atoms with Gasteiger partial charge in [0.25, 0.3) is 0 Å². The van der Waals surface area contributed by atoms with Gasteiger partial charge in [0, 0.05) is 6.54 Å². The highest BCUT2D eigenvalue weighted by Gasteiger charge is 2.16. The summed E-state index contributed by atoms with van der Waals surface area (Å²) in [6.45, 7) is 0.545. The second-order valence-corrected chi connectivity index (χ2v) is 4.69. The van der Waals surface area contributed by atoms with E-state index in [-0.39, 0.29) is 5.75 Å². The summed E-state index contributed by atoms with van der Waals surface area (Å²) in [6, 6.07) is 3.53. The van der Waals surface area contributed by atoms with Crippen molar-refractivity contribution in [2.24, 2.45) is 0 Å². The molecule has 5 heteroatoms. The van der Waals surface area contributed by atoms with Crippen LogP contribution in [0.25, 0.3) is 0 Å². The first kappa shape index (κ1) is 14.0. The van der Waals surface area contributed by atoms with Crippen LogP contribution >= 0.6 is 0 Å². The lowest BCUT2D eigenvalue weighted by atomic mass is 10.2. The van der Waals surface area contributed by atoms with Crippen LogP contribution in [0.15, 0.2) is 12.1 Å². The van der Waals surface area contributed by atoms with Gasteiger partial charge in [-0.1, -0.05) is 12.8 Å². The molecule has 1 aliphatic carbocycles. The Hall–Kier alpha value is -1.46. The maximum atomic E-state index is 9.81. The van der Waals surface area contributed by atoms with Crippen LogP contribution in [0.4, 0.5) is 0 Å². The van der Waals surface area contributed by atoms with E-state index in [0.717, 1.165) is 18.4 Å². The van der Waals surface area contributed by atoms with Gasteiger partial charge in [0.2, 0.25) is 5.75 Å². The van der Waals surface area contributed by atoms with Crippen LogP contribution in [0.3, 0.4) is 0 Å². The molecule has 1 aromatic carbocycles. The fourth-order valence-corrected chi connectivity index (χ4v) is 2.30. The molecule has 1 aliphatic rings. The van der Waals surface area contributed by atoms with E-state index in [2.05, 4.69) is 5.48 Å². The zero-order chi connectivity index (χ0) is 13.7. The summed E-state index contributed by atoms with van der Waals surface area (Å²) in [5, 5.41) is 9.81. The quantitative estimate of drug-likeness (QED) is 0.775. The first-order valence-electron chi connectivity index (χ1n) is 6.57. The minimum atomic E-state index is 0.0189. The van der Waals surface area contributed by atoms with Crippen molar-refractivity contribution >= 4 is 0 Å². The van der Waals surface area contributed by atoms with Crippen LogP contribution in [0.2, 0.25) is 0 Å². The molecule has 1 aromatic rings. The molecule has 1 fully saturated rings. The van der Waals surface area contributed by atoms with Crippen LogP contribution < -0.4 is 15.0 Å². The summed E-state index contributed by atoms with van der Waals surface area (Å²) in [5.74, 6) is 0.819. The van der Waals surface area contributed by atoms with E-state index in [1.54, 1.807) is 12.1 Å². The van der Waals surface area contributed by atoms with Crippen molar-refractivity contribution in [3.63, 3.8) is 0 Å². The Kier molecular flexibility index (Phi) is 4.87. The highest BCUT2D eigenvalue weighted by atomic mass is 16.7. The minimum absolute atomic E-state index is 0.0189. The highest BCUT2D eigenvalue weighted by molar-refractivity contribution is 5.52. The second kappa shape index (κ2) is 6.63. The molecule has 0 spiro atoms. The van der Waals surface area contributed by atoms with Crippen molar-refractivity contribution in [3.8, 4) is 17.2 Å². The molecule has 19 heavy (non-hydrogen) atoms. The van der Waals surface area contributed by atoms with Crippen LogP contribution in [0.5, 0.6) is 17.2 Å². The zero-order valence-corrected chi connectivity index (χ0v) is 11.4. The molecule has 0 amide bonds. The third kappa shape index (κ3) is 3.52. The molecule has 1 saturated carbocycles. The van der Waals surface area contributed by atoms with Gasteiger partial charge in [-0.25, -0.2) is 0 Å². The molecule has 2 N–H and O–H groups in total. The first-order chi connectivity index (χ1) is 9.24. The number of aromatic hydroxyl groups is 1. The van der Waals surface area contributed by atoms with Gasteiger partial charge < -0.3 is 14.6 Å². The fraction of sp³-hybridized carbons (Fsp3) is 0.571. The molecule has 0 heterocycles. The summed E-state index contributed by atoms with van der Waals surface area (Å²) >= 11 is 0. The lowest BCUT2D eigenvalue weighted by Crippen LogP contribution is -2.21. The summed E-state index contributed by atoms with van der Waals surface area (Å²) in [6.07, 6.45) is 5.05. The molecule has 0 aromatic heterocycles. The third-order valence-corrected chi connectivity index (χ3v) is 3.37. The van der Waals surface area contributed by atoms with Crippen molar-refractivity contribution in [1.29, 1.82) is 0 Å². The summed E-state index contributed by atoms with van der Waals surface area (Å²) in [5.41, 5.74) is 3.91. The predicted octanol–water partition coefficient (Wildman–Crippen LogP) is 2.37. The molecule has 0 saturated heterocycles. The van der Waals surface area contributed by atoms with Crippen molar-refractivity contribution < 1.29 is 19.4 Å². The molecule has 5 nitrogen and oxygen atoms in total. The van der Waals surface area contributed by atoms with Crippen molar-refractivity contribution in [2.75, 3.05) is 14.2 Å². The van der Waals surface area contributed by atoms with E-state index in [0.29, 0.717) is 24.1 Å². The average molecular weight is 267 g/mol. The molecule has 0 bridgehead atoms. The molecular weight excluding hydrogens is 246 g/mol. The maximum Gasteiger partial charge on any atom is 0.200 e. The topological polar surface area (TPSA) is 60.0 Å². The van der Waals surface area contributed by atoms with Gasteiger partial charge in [-0.3, -0.25) is 4.84 Å². The Labute approximate surface area is 113 Å². The van der Waals surface area contributed by atoms with Gasteiger partial charge in [-0.15, -0.1) is 0 Å². The normalized spacial score (nSPS) is 15.7. The van der Waals surface area contributed by atoms with Gasteiger partial charge in [0.15, 0.2) is 11.5 Å². The van der Waals surface area contributed by atoms with Gasteiger partial charge in [-0.05, 0) is 30.5 Å². The SMILES string of the molecule is COc1cc(CNOC2CCCC2)cc(OC)c1O. The van der Waals surface area contributed by atoms with E-state index in [9.17, 15) is 5.11 Å². The Morgan fingerprint density at radius 2 is 1.74 bits per heavy atom. The number of methoxy groups -OCH3 is 2. The Morgan fingerprint density at radius 1 is 1.16 bits per heavy atom. The maximum absolute atomic E-state index is 9.81. The monoisotopic (exact) mass is 267 g/mol. The standard InChI is InChI=1S/C14H21NO4/c1-17-12-7-10(8-13(18-2)14(12)16)9-15-19-11-5-3-4-6-11/h7-8,11,15-16H,3-6,9H2,1-2H3. The first-order valence-corrected chi connectivity index (χ1v) is 6.57. The number of benzene rings is 1. The average Bonchev–Trinajstić information content (AvgIpc) is 2.93. The summed E-state index contributed by atoms with van der Waals surface area (Å²) in [7, 11) is 3.03. The number of phenols is 1. The Morgan fingerprint density at radius 3 is 2.26 bits per heavy atom. The summed E-state index contributed by atoms with van der Waals surface area (Å²) in [4.78, 5) is 5.59. The molecule has 0 atom stereocenters. The van der Waals surface area contributed by atoms with Gasteiger partial charge >= 0.3 is 0 Å². The lowest BCUT2D eigenvalue weighted by molar-refractivity contribution is -0.0244. The van der Waals surface area contributed by atoms with E-state index in [1.807, 2.05) is 0 Å². The third-order valence-electron chi connectivity index (χ3n) is 3.37. The Bertz CT molecular complexity index is 391. The summed E-state index contributed by atoms with van der Waals surface area (Å²) < 4.78 is 10.2. The van der Waals surface area contributed by atoms with E-state index >= 15 is 0 Å². The van der Waals surface area contributed by atoms with E-state index in [4.69, 9.17) is 14.3 Å². The van der Waals surface area contributed by atoms with Crippen molar-refractivity contribution in [2.45, 2.75) is 38.3 Å². The van der Waals surface area contributed by atoms with Crippen LogP contribution in [0.1, 0.15) is 31.2 Å². The molecule has 0 unspecified atom stereocenters. The zero-order valence-electron chi connectivity index (χ0n) is 11.4. The number of ether oxygens (including phenoxy) is 2. The number of phenolic OH excluding ortho intramolecular Hbond substituents is 1. The second-order valence-electron chi connectivity index (χ2n) is 4.69. The van der Waals surface area contributed by atoms with Crippen LogP contribution in [0, 0.1) is 0 Å². The van der Waals surface area contributed by atoms with Crippen molar-refractivity contribution in [3.05, 3.63) is 17.7 Å². The fourth-order valence-electron chi connectivity index (χ4n) is 2.30. The van der Waals surface area contributed by atoms with Gasteiger partial charge in [0.1, 0.15) is 0 Å². The predicted molar refractivity (Wildman–Crippen MR) is 71.4 cm³/mol. The van der Waals surface area contributed by atoms with E-state index in [1.165, 1.54) is 27.1 Å². The van der Waals surface area contributed by atoms with Gasteiger partial charge in [-0.2, -0.15) is 5.48 Å². The molecule has 0 aliphatic heterocycles.